The van der Waals surface area contributed by atoms with Crippen LogP contribution in [-0.4, -0.2) is 80.5 Å². The van der Waals surface area contributed by atoms with Gasteiger partial charge in [0.25, 0.3) is 0 Å². The lowest BCUT2D eigenvalue weighted by molar-refractivity contribution is 0.0315. The van der Waals surface area contributed by atoms with E-state index in [1.54, 1.807) is 0 Å². The van der Waals surface area contributed by atoms with Crippen LogP contribution in [0.15, 0.2) is 0 Å². The fourth-order valence-electron chi connectivity index (χ4n) is 3.09. The van der Waals surface area contributed by atoms with Crippen LogP contribution in [0.5, 0.6) is 0 Å². The molecule has 0 aliphatic carbocycles. The maximum atomic E-state index is 12.0. The van der Waals surface area contributed by atoms with Crippen LogP contribution in [0.25, 0.3) is 0 Å². The summed E-state index contributed by atoms with van der Waals surface area (Å²) in [6, 6.07) is 0. The fourth-order valence-corrected chi connectivity index (χ4v) is 3.09. The summed E-state index contributed by atoms with van der Waals surface area (Å²) in [6.07, 6.45) is 1.75. The van der Waals surface area contributed by atoms with E-state index in [-0.39, 0.29) is 11.7 Å². The fraction of sp³-hybridized carbons (Fsp3) is 0.923. The van der Waals surface area contributed by atoms with Gasteiger partial charge in [-0.1, -0.05) is 0 Å². The zero-order valence-electron chi connectivity index (χ0n) is 11.4. The van der Waals surface area contributed by atoms with Gasteiger partial charge in [0.2, 0.25) is 0 Å². The number of carbonyl (C=O) groups excluding carboxylic acids is 1. The summed E-state index contributed by atoms with van der Waals surface area (Å²) in [5.74, 6) is 0. The van der Waals surface area contributed by atoms with Crippen molar-refractivity contribution in [3.8, 4) is 0 Å². The average molecular weight is 269 g/mol. The number of hydrogen-bond acceptors (Lipinski definition) is 5. The Morgan fingerprint density at radius 3 is 2.63 bits per heavy atom. The first-order valence-electron chi connectivity index (χ1n) is 7.26. The van der Waals surface area contributed by atoms with E-state index < -0.39 is 0 Å². The number of morpholine rings is 1. The molecule has 0 unspecified atom stereocenters. The summed E-state index contributed by atoms with van der Waals surface area (Å²) in [5.41, 5.74) is -0.215. The van der Waals surface area contributed by atoms with Gasteiger partial charge in [0, 0.05) is 39.0 Å². The summed E-state index contributed by atoms with van der Waals surface area (Å²) < 4.78 is 11.0. The Bertz CT molecular complexity index is 325. The second-order valence-electron chi connectivity index (χ2n) is 5.68. The van der Waals surface area contributed by atoms with Gasteiger partial charge in [-0.25, -0.2) is 4.79 Å². The number of hydrogen-bond donors (Lipinski definition) is 1. The second-order valence-corrected chi connectivity index (χ2v) is 5.68. The summed E-state index contributed by atoms with van der Waals surface area (Å²) in [5, 5.41) is 3.32. The van der Waals surface area contributed by atoms with E-state index in [4.69, 9.17) is 9.47 Å². The molecule has 1 spiro atoms. The Hall–Kier alpha value is -0.850. The van der Waals surface area contributed by atoms with Gasteiger partial charge < -0.3 is 19.7 Å². The molecule has 0 aromatic carbocycles. The third kappa shape index (κ3) is 3.01. The molecule has 3 fully saturated rings. The topological polar surface area (TPSA) is 54.0 Å². The molecule has 3 aliphatic heterocycles. The number of piperidine rings is 1. The van der Waals surface area contributed by atoms with Gasteiger partial charge in [0.1, 0.15) is 5.60 Å². The quantitative estimate of drug-likeness (QED) is 0.775. The van der Waals surface area contributed by atoms with Gasteiger partial charge >= 0.3 is 6.09 Å². The van der Waals surface area contributed by atoms with Crippen molar-refractivity contribution < 1.29 is 14.3 Å². The molecule has 0 bridgehead atoms. The van der Waals surface area contributed by atoms with Gasteiger partial charge in [0.05, 0.1) is 19.8 Å². The maximum Gasteiger partial charge on any atom is 0.410 e. The maximum absolute atomic E-state index is 12.0. The zero-order chi connectivity index (χ0) is 13.1. The number of nitrogens with one attached hydrogen (secondary N) is 1. The van der Waals surface area contributed by atoms with E-state index in [0.29, 0.717) is 0 Å². The summed E-state index contributed by atoms with van der Waals surface area (Å²) in [7, 11) is 0. The van der Waals surface area contributed by atoms with E-state index in [1.165, 1.54) is 0 Å². The Morgan fingerprint density at radius 2 is 1.89 bits per heavy atom. The Labute approximate surface area is 114 Å². The number of nitrogens with zero attached hydrogens (tertiary/aromatic N) is 2. The molecule has 0 saturated carbocycles. The Morgan fingerprint density at radius 1 is 1.16 bits per heavy atom. The molecule has 3 heterocycles. The first kappa shape index (κ1) is 13.1. The normalized spacial score (nSPS) is 27.8. The molecule has 0 radical (unpaired) electrons. The Balaban J connectivity index is 1.49. The lowest BCUT2D eigenvalue weighted by atomic mass is 9.92. The van der Waals surface area contributed by atoms with Crippen LogP contribution in [0, 0.1) is 0 Å². The van der Waals surface area contributed by atoms with Crippen LogP contribution in [0.1, 0.15) is 12.8 Å². The van der Waals surface area contributed by atoms with Gasteiger partial charge in [-0.2, -0.15) is 0 Å². The van der Waals surface area contributed by atoms with Gasteiger partial charge in [0.15, 0.2) is 0 Å². The zero-order valence-corrected chi connectivity index (χ0v) is 11.4. The molecule has 3 saturated heterocycles. The number of ether oxygens (including phenoxy) is 2. The molecule has 0 atom stereocenters. The third-order valence-electron chi connectivity index (χ3n) is 4.35. The highest BCUT2D eigenvalue weighted by Gasteiger charge is 2.45. The summed E-state index contributed by atoms with van der Waals surface area (Å²) in [6.45, 7) is 7.91. The van der Waals surface area contributed by atoms with Crippen LogP contribution in [0.2, 0.25) is 0 Å². The van der Waals surface area contributed by atoms with Crippen molar-refractivity contribution in [1.29, 1.82) is 0 Å². The molecule has 0 aromatic heterocycles. The van der Waals surface area contributed by atoms with Crippen LogP contribution in [-0.2, 0) is 9.47 Å². The third-order valence-corrected chi connectivity index (χ3v) is 4.35. The lowest BCUT2D eigenvalue weighted by Crippen LogP contribution is -2.46. The van der Waals surface area contributed by atoms with Crippen molar-refractivity contribution in [2.75, 3.05) is 59.0 Å². The minimum atomic E-state index is -0.215. The van der Waals surface area contributed by atoms with Crippen molar-refractivity contribution in [2.45, 2.75) is 18.4 Å². The van der Waals surface area contributed by atoms with Gasteiger partial charge in [-0.15, -0.1) is 0 Å². The van der Waals surface area contributed by atoms with Crippen molar-refractivity contribution in [1.82, 2.24) is 15.1 Å². The standard InChI is InChI=1S/C13H23N3O3/c17-12-16(6-5-15-7-9-18-10-8-15)11-13(19-12)1-3-14-4-2-13/h14H,1-11H2. The number of rotatable bonds is 3. The molecule has 6 heteroatoms. The molecular weight excluding hydrogens is 246 g/mol. The molecule has 1 amide bonds. The van der Waals surface area contributed by atoms with E-state index in [1.807, 2.05) is 4.90 Å². The predicted octanol–water partition coefficient (Wildman–Crippen LogP) is -0.107. The van der Waals surface area contributed by atoms with Crippen molar-refractivity contribution >= 4 is 6.09 Å². The summed E-state index contributed by atoms with van der Waals surface area (Å²) >= 11 is 0. The van der Waals surface area contributed by atoms with Crippen LogP contribution < -0.4 is 5.32 Å². The molecule has 0 aromatic rings. The van der Waals surface area contributed by atoms with Gasteiger partial charge in [-0.05, 0) is 13.1 Å². The van der Waals surface area contributed by atoms with Crippen molar-refractivity contribution in [3.63, 3.8) is 0 Å². The van der Waals surface area contributed by atoms with Crippen LogP contribution >= 0.6 is 0 Å². The van der Waals surface area contributed by atoms with Crippen LogP contribution in [0.4, 0.5) is 4.79 Å². The minimum Gasteiger partial charge on any atom is -0.441 e. The monoisotopic (exact) mass is 269 g/mol. The molecule has 3 rings (SSSR count). The molecule has 19 heavy (non-hydrogen) atoms. The predicted molar refractivity (Wildman–Crippen MR) is 70.1 cm³/mol. The first-order valence-corrected chi connectivity index (χ1v) is 7.26. The first-order chi connectivity index (χ1) is 9.27. The summed E-state index contributed by atoms with van der Waals surface area (Å²) in [4.78, 5) is 16.2. The average Bonchev–Trinajstić information content (AvgIpc) is 2.74. The van der Waals surface area contributed by atoms with Crippen molar-refractivity contribution in [2.24, 2.45) is 0 Å². The minimum absolute atomic E-state index is 0.129. The molecule has 3 aliphatic rings. The molecule has 6 nitrogen and oxygen atoms in total. The van der Waals surface area contributed by atoms with E-state index >= 15 is 0 Å². The second kappa shape index (κ2) is 5.64. The smallest absolute Gasteiger partial charge is 0.410 e. The molecule has 1 N–H and O–H groups in total. The largest absolute Gasteiger partial charge is 0.441 e. The van der Waals surface area contributed by atoms with E-state index in [9.17, 15) is 4.79 Å². The number of amides is 1. The Kier molecular flexibility index (Phi) is 3.91. The highest BCUT2D eigenvalue weighted by atomic mass is 16.6. The van der Waals surface area contributed by atoms with E-state index in [2.05, 4.69) is 10.2 Å². The molecular formula is C13H23N3O3. The SMILES string of the molecule is O=C1OC2(CCNCC2)CN1CCN1CCOCC1. The lowest BCUT2D eigenvalue weighted by Gasteiger charge is -2.31. The highest BCUT2D eigenvalue weighted by Crippen LogP contribution is 2.30. The van der Waals surface area contributed by atoms with Gasteiger partial charge in [-0.3, -0.25) is 4.90 Å². The molecule has 108 valence electrons. The van der Waals surface area contributed by atoms with Crippen molar-refractivity contribution in [3.05, 3.63) is 0 Å². The highest BCUT2D eigenvalue weighted by molar-refractivity contribution is 5.70. The van der Waals surface area contributed by atoms with E-state index in [0.717, 1.165) is 71.9 Å². The van der Waals surface area contributed by atoms with Crippen LogP contribution in [0.3, 0.4) is 0 Å². The number of carbonyl (C=O) groups is 1.